The zero-order valence-electron chi connectivity index (χ0n) is 19.4. The summed E-state index contributed by atoms with van der Waals surface area (Å²) in [7, 11) is 4.13. The summed E-state index contributed by atoms with van der Waals surface area (Å²) in [4.78, 5) is 21.7. The second-order valence-corrected chi connectivity index (χ2v) is 9.59. The summed E-state index contributed by atoms with van der Waals surface area (Å²) in [5.41, 5.74) is 1.96. The van der Waals surface area contributed by atoms with Crippen molar-refractivity contribution in [2.75, 3.05) is 32.1 Å². The van der Waals surface area contributed by atoms with E-state index in [0.29, 0.717) is 35.4 Å². The van der Waals surface area contributed by atoms with E-state index in [4.69, 9.17) is 0 Å². The van der Waals surface area contributed by atoms with Crippen molar-refractivity contribution < 1.29 is 18.0 Å². The molecule has 2 fully saturated rings. The second-order valence-electron chi connectivity index (χ2n) is 9.59. The largest absolute Gasteiger partial charge is 0.368 e. The van der Waals surface area contributed by atoms with Gasteiger partial charge in [-0.1, -0.05) is 18.2 Å². The molecule has 3 aromatic rings. The van der Waals surface area contributed by atoms with Crippen LogP contribution in [0.2, 0.25) is 0 Å². The maximum atomic E-state index is 14.4. The van der Waals surface area contributed by atoms with Crippen molar-refractivity contribution in [3.8, 4) is 0 Å². The van der Waals surface area contributed by atoms with E-state index in [1.54, 1.807) is 6.07 Å². The molecule has 5 rings (SSSR count). The molecule has 0 bridgehead atoms. The van der Waals surface area contributed by atoms with Crippen molar-refractivity contribution in [1.29, 1.82) is 0 Å². The molecule has 1 aromatic heterocycles. The standard InChI is InChI=1S/C26H27F3N4O/c1-15-4-5-16(33-13-17(14-33)32(2)3)12-19(15)25(34)31-26(10-11-26)20-7-8-21(27)23-18(20)6-9-22(30-23)24(28)29/h4-9,12,17,24H,10-11,13-14H2,1-3H3,(H,31,34). The Kier molecular flexibility index (Phi) is 5.51. The van der Waals surface area contributed by atoms with Crippen LogP contribution in [-0.4, -0.2) is 49.0 Å². The van der Waals surface area contributed by atoms with Crippen molar-refractivity contribution in [2.24, 2.45) is 0 Å². The van der Waals surface area contributed by atoms with Crippen LogP contribution in [0.5, 0.6) is 0 Å². The minimum atomic E-state index is -2.78. The van der Waals surface area contributed by atoms with Crippen LogP contribution < -0.4 is 10.2 Å². The average molecular weight is 469 g/mol. The number of nitrogens with zero attached hydrogens (tertiary/aromatic N) is 3. The summed E-state index contributed by atoms with van der Waals surface area (Å²) in [6.45, 7) is 3.73. The number of amides is 1. The molecule has 0 unspecified atom stereocenters. The maximum Gasteiger partial charge on any atom is 0.280 e. The number of carbonyl (C=O) groups excluding carboxylic acids is 1. The zero-order valence-corrected chi connectivity index (χ0v) is 19.4. The zero-order chi connectivity index (χ0) is 24.2. The second kappa shape index (κ2) is 8.27. The Morgan fingerprint density at radius 1 is 1.15 bits per heavy atom. The molecule has 0 atom stereocenters. The summed E-state index contributed by atoms with van der Waals surface area (Å²) in [6, 6.07) is 12.0. The number of fused-ring (bicyclic) bond motifs is 1. The molecule has 178 valence electrons. The van der Waals surface area contributed by atoms with Gasteiger partial charge in [-0.3, -0.25) is 4.79 Å². The van der Waals surface area contributed by atoms with Crippen LogP contribution in [0.3, 0.4) is 0 Å². The molecular formula is C26H27F3N4O. The third kappa shape index (κ3) is 3.90. The fourth-order valence-electron chi connectivity index (χ4n) is 4.65. The highest BCUT2D eigenvalue weighted by molar-refractivity contribution is 5.98. The van der Waals surface area contributed by atoms with E-state index in [9.17, 15) is 18.0 Å². The number of hydrogen-bond acceptors (Lipinski definition) is 4. The van der Waals surface area contributed by atoms with E-state index in [2.05, 4.69) is 34.2 Å². The van der Waals surface area contributed by atoms with Gasteiger partial charge in [0.15, 0.2) is 0 Å². The fourth-order valence-corrected chi connectivity index (χ4v) is 4.65. The number of aromatic nitrogens is 1. The topological polar surface area (TPSA) is 48.5 Å². The Morgan fingerprint density at radius 3 is 2.53 bits per heavy atom. The molecule has 2 heterocycles. The molecule has 0 radical (unpaired) electrons. The lowest BCUT2D eigenvalue weighted by Gasteiger charge is -2.44. The first-order valence-electron chi connectivity index (χ1n) is 11.4. The third-order valence-corrected chi connectivity index (χ3v) is 7.09. The van der Waals surface area contributed by atoms with Gasteiger partial charge in [-0.05, 0) is 69.3 Å². The van der Waals surface area contributed by atoms with Gasteiger partial charge < -0.3 is 15.1 Å². The highest BCUT2D eigenvalue weighted by atomic mass is 19.3. The number of alkyl halides is 2. The number of pyridine rings is 1. The van der Waals surface area contributed by atoms with Crippen LogP contribution in [0.25, 0.3) is 10.9 Å². The predicted octanol–water partition coefficient (Wildman–Crippen LogP) is 4.79. The lowest BCUT2D eigenvalue weighted by Crippen LogP contribution is -2.57. The Hall–Kier alpha value is -3.13. The van der Waals surface area contributed by atoms with Gasteiger partial charge in [-0.25, -0.2) is 18.2 Å². The molecule has 2 aliphatic rings. The molecule has 1 aliphatic carbocycles. The van der Waals surface area contributed by atoms with Gasteiger partial charge in [0, 0.05) is 35.8 Å². The highest BCUT2D eigenvalue weighted by Crippen LogP contribution is 2.48. The van der Waals surface area contributed by atoms with E-state index in [-0.39, 0.29) is 11.4 Å². The molecule has 2 aromatic carbocycles. The van der Waals surface area contributed by atoms with Crippen LogP contribution in [0, 0.1) is 12.7 Å². The molecular weight excluding hydrogens is 441 g/mol. The smallest absolute Gasteiger partial charge is 0.280 e. The van der Waals surface area contributed by atoms with Crippen molar-refractivity contribution in [3.63, 3.8) is 0 Å². The van der Waals surface area contributed by atoms with Crippen LogP contribution in [0.4, 0.5) is 18.9 Å². The maximum absolute atomic E-state index is 14.4. The van der Waals surface area contributed by atoms with E-state index in [1.165, 1.54) is 18.2 Å². The van der Waals surface area contributed by atoms with Crippen LogP contribution in [0.15, 0.2) is 42.5 Å². The average Bonchev–Trinajstić information content (AvgIpc) is 3.53. The van der Waals surface area contributed by atoms with E-state index >= 15 is 0 Å². The summed E-state index contributed by atoms with van der Waals surface area (Å²) in [6.07, 6.45) is -1.41. The number of carbonyl (C=O) groups is 1. The number of hydrogen-bond donors (Lipinski definition) is 1. The molecule has 34 heavy (non-hydrogen) atoms. The number of nitrogens with one attached hydrogen (secondary N) is 1. The van der Waals surface area contributed by atoms with Crippen molar-refractivity contribution >= 4 is 22.5 Å². The minimum absolute atomic E-state index is 0.0952. The van der Waals surface area contributed by atoms with Crippen molar-refractivity contribution in [1.82, 2.24) is 15.2 Å². The lowest BCUT2D eigenvalue weighted by atomic mass is 9.97. The molecule has 0 spiro atoms. The third-order valence-electron chi connectivity index (χ3n) is 7.09. The van der Waals surface area contributed by atoms with E-state index < -0.39 is 23.5 Å². The Morgan fingerprint density at radius 2 is 1.88 bits per heavy atom. The van der Waals surface area contributed by atoms with Gasteiger partial charge in [0.2, 0.25) is 0 Å². The number of anilines is 1. The number of aryl methyl sites for hydroxylation is 1. The predicted molar refractivity (Wildman–Crippen MR) is 126 cm³/mol. The monoisotopic (exact) mass is 468 g/mol. The Balaban J connectivity index is 1.42. The summed E-state index contributed by atoms with van der Waals surface area (Å²) in [5, 5.41) is 3.60. The van der Waals surface area contributed by atoms with Gasteiger partial charge >= 0.3 is 0 Å². The molecule has 8 heteroatoms. The number of benzene rings is 2. The molecule has 5 nitrogen and oxygen atoms in total. The first-order chi connectivity index (χ1) is 16.2. The van der Waals surface area contributed by atoms with Gasteiger partial charge in [0.25, 0.3) is 12.3 Å². The van der Waals surface area contributed by atoms with Gasteiger partial charge in [-0.15, -0.1) is 0 Å². The number of halogens is 3. The number of likely N-dealkylation sites (N-methyl/N-ethyl adjacent to an activating group) is 1. The van der Waals surface area contributed by atoms with E-state index in [0.717, 1.165) is 24.3 Å². The molecule has 1 saturated carbocycles. The van der Waals surface area contributed by atoms with Crippen molar-refractivity contribution in [3.05, 3.63) is 70.7 Å². The summed E-state index contributed by atoms with van der Waals surface area (Å²) in [5.74, 6) is -0.853. The molecule has 1 saturated heterocycles. The molecule has 1 aliphatic heterocycles. The quantitative estimate of drug-likeness (QED) is 0.565. The first-order valence-corrected chi connectivity index (χ1v) is 11.4. The van der Waals surface area contributed by atoms with E-state index in [1.807, 2.05) is 25.1 Å². The number of rotatable bonds is 6. The summed E-state index contributed by atoms with van der Waals surface area (Å²) >= 11 is 0. The van der Waals surface area contributed by atoms with Crippen LogP contribution >= 0.6 is 0 Å². The van der Waals surface area contributed by atoms with Crippen LogP contribution in [-0.2, 0) is 5.54 Å². The normalized spacial score (nSPS) is 17.4. The summed E-state index contributed by atoms with van der Waals surface area (Å²) < 4.78 is 40.6. The fraction of sp³-hybridized carbons (Fsp3) is 0.385. The van der Waals surface area contributed by atoms with Crippen LogP contribution in [0.1, 0.15) is 46.4 Å². The molecule has 1 amide bonds. The van der Waals surface area contributed by atoms with Gasteiger partial charge in [-0.2, -0.15) is 0 Å². The first kappa shape index (κ1) is 22.7. The van der Waals surface area contributed by atoms with Crippen molar-refractivity contribution in [2.45, 2.75) is 37.8 Å². The molecule has 1 N–H and O–H groups in total. The SMILES string of the molecule is Cc1ccc(N2CC(N(C)C)C2)cc1C(=O)NC1(c2ccc(F)c3nc(C(F)F)ccc23)CC1. The lowest BCUT2D eigenvalue weighted by molar-refractivity contribution is 0.0930. The van der Waals surface area contributed by atoms with Gasteiger partial charge in [0.1, 0.15) is 17.0 Å². The highest BCUT2D eigenvalue weighted by Gasteiger charge is 2.47. The Bertz CT molecular complexity index is 1270. The minimum Gasteiger partial charge on any atom is -0.368 e. The van der Waals surface area contributed by atoms with Gasteiger partial charge in [0.05, 0.1) is 5.54 Å². The Labute approximate surface area is 196 Å².